The molecule has 0 atom stereocenters. The van der Waals surface area contributed by atoms with Gasteiger partial charge in [0.1, 0.15) is 0 Å². The fourth-order valence-corrected chi connectivity index (χ4v) is 2.90. The van der Waals surface area contributed by atoms with Crippen molar-refractivity contribution in [2.24, 2.45) is 0 Å². The van der Waals surface area contributed by atoms with Crippen LogP contribution < -0.4 is 10.2 Å². The second-order valence-corrected chi connectivity index (χ2v) is 5.50. The molecule has 21 heavy (non-hydrogen) atoms. The van der Waals surface area contributed by atoms with Gasteiger partial charge < -0.3 is 15.3 Å². The molecule has 5 nitrogen and oxygen atoms in total. The molecule has 2 aliphatic heterocycles. The summed E-state index contributed by atoms with van der Waals surface area (Å²) < 4.78 is 0. The Morgan fingerprint density at radius 3 is 2.67 bits per heavy atom. The van der Waals surface area contributed by atoms with E-state index < -0.39 is 5.97 Å². The van der Waals surface area contributed by atoms with Gasteiger partial charge in [-0.2, -0.15) is 0 Å². The molecule has 0 spiro atoms. The van der Waals surface area contributed by atoms with E-state index in [0.29, 0.717) is 18.5 Å². The van der Waals surface area contributed by atoms with Gasteiger partial charge in [-0.3, -0.25) is 4.79 Å². The number of carbonyl (C=O) groups excluding carboxylic acids is 1. The highest BCUT2D eigenvalue weighted by Gasteiger charge is 2.28. The Kier molecular flexibility index (Phi) is 3.51. The third-order valence-electron chi connectivity index (χ3n) is 4.25. The van der Waals surface area contributed by atoms with Crippen LogP contribution in [0.25, 0.3) is 0 Å². The molecule has 3 rings (SSSR count). The van der Waals surface area contributed by atoms with Gasteiger partial charge in [0.05, 0.1) is 5.56 Å². The van der Waals surface area contributed by atoms with Crippen LogP contribution in [0.2, 0.25) is 0 Å². The maximum absolute atomic E-state index is 12.7. The maximum Gasteiger partial charge on any atom is 0.336 e. The Morgan fingerprint density at radius 1 is 1.29 bits per heavy atom. The summed E-state index contributed by atoms with van der Waals surface area (Å²) in [5.41, 5.74) is 3.75. The molecule has 1 fully saturated rings. The van der Waals surface area contributed by atoms with E-state index in [9.17, 15) is 14.7 Å². The molecule has 0 bridgehead atoms. The number of hydrogen-bond acceptors (Lipinski definition) is 3. The van der Waals surface area contributed by atoms with E-state index in [2.05, 4.69) is 5.32 Å². The highest BCUT2D eigenvalue weighted by Crippen LogP contribution is 2.31. The molecular formula is C16H18N2O3. The zero-order valence-electron chi connectivity index (χ0n) is 12.0. The van der Waals surface area contributed by atoms with E-state index in [4.69, 9.17) is 0 Å². The summed E-state index contributed by atoms with van der Waals surface area (Å²) >= 11 is 0. The van der Waals surface area contributed by atoms with Gasteiger partial charge in [0.25, 0.3) is 5.91 Å². The number of nitrogens with one attached hydrogen (secondary N) is 1. The molecule has 0 aromatic heterocycles. The van der Waals surface area contributed by atoms with Crippen molar-refractivity contribution in [1.82, 2.24) is 5.32 Å². The minimum Gasteiger partial charge on any atom is -0.478 e. The smallest absolute Gasteiger partial charge is 0.336 e. The van der Waals surface area contributed by atoms with Gasteiger partial charge in [0, 0.05) is 30.9 Å². The number of amides is 1. The number of fused-ring (bicyclic) bond motifs is 1. The van der Waals surface area contributed by atoms with Crippen LogP contribution in [-0.4, -0.2) is 36.6 Å². The number of rotatable bonds is 2. The van der Waals surface area contributed by atoms with E-state index in [-0.39, 0.29) is 5.91 Å². The highest BCUT2D eigenvalue weighted by molar-refractivity contribution is 6.07. The first-order valence-corrected chi connectivity index (χ1v) is 7.16. The third-order valence-corrected chi connectivity index (χ3v) is 4.25. The van der Waals surface area contributed by atoms with E-state index in [0.717, 1.165) is 41.9 Å². The summed E-state index contributed by atoms with van der Waals surface area (Å²) in [5.74, 6) is -0.936. The van der Waals surface area contributed by atoms with E-state index in [1.165, 1.54) is 0 Å². The third kappa shape index (κ3) is 2.34. The quantitative estimate of drug-likeness (QED) is 0.810. The Hall–Kier alpha value is -2.14. The zero-order chi connectivity index (χ0) is 15.0. The van der Waals surface area contributed by atoms with Gasteiger partial charge in [0.15, 0.2) is 0 Å². The lowest BCUT2D eigenvalue weighted by molar-refractivity contribution is -0.115. The van der Waals surface area contributed by atoms with Crippen molar-refractivity contribution in [3.8, 4) is 0 Å². The van der Waals surface area contributed by atoms with Gasteiger partial charge >= 0.3 is 5.97 Å². The first kappa shape index (κ1) is 13.8. The fourth-order valence-electron chi connectivity index (χ4n) is 2.90. The summed E-state index contributed by atoms with van der Waals surface area (Å²) in [7, 11) is 0. The van der Waals surface area contributed by atoms with Crippen molar-refractivity contribution in [3.63, 3.8) is 0 Å². The van der Waals surface area contributed by atoms with Gasteiger partial charge in [-0.05, 0) is 43.0 Å². The second kappa shape index (κ2) is 5.33. The van der Waals surface area contributed by atoms with Crippen LogP contribution in [0.1, 0.15) is 29.3 Å². The first-order chi connectivity index (χ1) is 10.1. The van der Waals surface area contributed by atoms with Crippen LogP contribution in [0.5, 0.6) is 0 Å². The lowest BCUT2D eigenvalue weighted by Gasteiger charge is -2.32. The molecule has 0 saturated carbocycles. The summed E-state index contributed by atoms with van der Waals surface area (Å²) in [6.07, 6.45) is 1.50. The number of anilines is 1. The predicted molar refractivity (Wildman–Crippen MR) is 79.6 cm³/mol. The number of aromatic carboxylic acids is 1. The summed E-state index contributed by atoms with van der Waals surface area (Å²) in [6, 6.07) is 5.16. The molecule has 1 amide bonds. The predicted octanol–water partition coefficient (Wildman–Crippen LogP) is 1.58. The van der Waals surface area contributed by atoms with E-state index in [1.807, 2.05) is 13.0 Å². The molecule has 2 heterocycles. The number of carboxylic acids is 1. The summed E-state index contributed by atoms with van der Waals surface area (Å²) in [6.45, 7) is 4.04. The topological polar surface area (TPSA) is 69.6 Å². The molecule has 1 saturated heterocycles. The minimum atomic E-state index is -0.931. The fraction of sp³-hybridized carbons (Fsp3) is 0.375. The molecule has 0 aliphatic carbocycles. The van der Waals surface area contributed by atoms with Crippen molar-refractivity contribution in [2.75, 3.05) is 24.5 Å². The monoisotopic (exact) mass is 286 g/mol. The SMILES string of the molecule is CC(C(=O)N1CCCc2c(C(=O)O)cccc21)=C1CNC1. The van der Waals surface area contributed by atoms with Crippen LogP contribution in [0.4, 0.5) is 5.69 Å². The van der Waals surface area contributed by atoms with Crippen LogP contribution in [0.3, 0.4) is 0 Å². The van der Waals surface area contributed by atoms with Crippen LogP contribution in [-0.2, 0) is 11.2 Å². The summed E-state index contributed by atoms with van der Waals surface area (Å²) in [4.78, 5) is 25.7. The first-order valence-electron chi connectivity index (χ1n) is 7.16. The lowest BCUT2D eigenvalue weighted by Crippen LogP contribution is -2.41. The molecular weight excluding hydrogens is 268 g/mol. The van der Waals surface area contributed by atoms with Gasteiger partial charge in [-0.1, -0.05) is 6.07 Å². The molecule has 1 aromatic rings. The van der Waals surface area contributed by atoms with Gasteiger partial charge in [-0.15, -0.1) is 0 Å². The molecule has 0 radical (unpaired) electrons. The Labute approximate surface area is 123 Å². The van der Waals surface area contributed by atoms with Crippen molar-refractivity contribution in [3.05, 3.63) is 40.5 Å². The Balaban J connectivity index is 1.99. The average molecular weight is 286 g/mol. The number of carbonyl (C=O) groups is 2. The van der Waals surface area contributed by atoms with E-state index in [1.54, 1.807) is 17.0 Å². The summed E-state index contributed by atoms with van der Waals surface area (Å²) in [5, 5.41) is 12.4. The van der Waals surface area contributed by atoms with Crippen LogP contribution in [0, 0.1) is 0 Å². The van der Waals surface area contributed by atoms with Crippen molar-refractivity contribution in [1.29, 1.82) is 0 Å². The highest BCUT2D eigenvalue weighted by atomic mass is 16.4. The Morgan fingerprint density at radius 2 is 2.05 bits per heavy atom. The van der Waals surface area contributed by atoms with Gasteiger partial charge in [-0.25, -0.2) is 4.79 Å². The normalized spacial score (nSPS) is 17.0. The van der Waals surface area contributed by atoms with Crippen LogP contribution in [0.15, 0.2) is 29.3 Å². The average Bonchev–Trinajstić information content (AvgIpc) is 2.43. The standard InChI is InChI=1S/C16H18N2O3/c1-10(11-8-17-9-11)15(19)18-7-3-5-12-13(16(20)21)4-2-6-14(12)18/h2,4,6,17H,3,5,7-9H2,1H3,(H,20,21). The van der Waals surface area contributed by atoms with Crippen molar-refractivity contribution < 1.29 is 14.7 Å². The number of nitrogens with zero attached hydrogens (tertiary/aromatic N) is 1. The van der Waals surface area contributed by atoms with Crippen molar-refractivity contribution >= 4 is 17.6 Å². The largest absolute Gasteiger partial charge is 0.478 e. The molecule has 110 valence electrons. The van der Waals surface area contributed by atoms with Crippen molar-refractivity contribution in [2.45, 2.75) is 19.8 Å². The number of hydrogen-bond donors (Lipinski definition) is 2. The molecule has 2 N–H and O–H groups in total. The Bertz CT molecular complexity index is 643. The van der Waals surface area contributed by atoms with E-state index >= 15 is 0 Å². The van der Waals surface area contributed by atoms with Crippen LogP contribution >= 0.6 is 0 Å². The molecule has 0 unspecified atom stereocenters. The number of benzene rings is 1. The van der Waals surface area contributed by atoms with Gasteiger partial charge in [0.2, 0.25) is 0 Å². The minimum absolute atomic E-state index is 0.00464. The zero-order valence-corrected chi connectivity index (χ0v) is 12.0. The number of carboxylic acid groups (broad SMARTS) is 1. The lowest BCUT2D eigenvalue weighted by atomic mass is 9.95. The molecule has 5 heteroatoms. The second-order valence-electron chi connectivity index (χ2n) is 5.50. The molecule has 2 aliphatic rings. The molecule has 1 aromatic carbocycles. The maximum atomic E-state index is 12.7.